The van der Waals surface area contributed by atoms with Crippen LogP contribution < -0.4 is 4.74 Å². The summed E-state index contributed by atoms with van der Waals surface area (Å²) in [6.07, 6.45) is 4.21. The molecule has 3 rings (SSSR count). The van der Waals surface area contributed by atoms with Gasteiger partial charge < -0.3 is 4.74 Å². The highest BCUT2D eigenvalue weighted by molar-refractivity contribution is 5.47. The Balaban J connectivity index is 2.13. The summed E-state index contributed by atoms with van der Waals surface area (Å²) in [5.74, 6) is 1.37. The van der Waals surface area contributed by atoms with Crippen LogP contribution in [0.2, 0.25) is 0 Å². The van der Waals surface area contributed by atoms with Gasteiger partial charge in [0.15, 0.2) is 0 Å². The van der Waals surface area contributed by atoms with E-state index in [1.54, 1.807) is 0 Å². The molecule has 112 valence electrons. The molecule has 0 saturated carbocycles. The molecule has 1 aromatic carbocycles. The maximum atomic E-state index is 10.1. The number of nitriles is 1. The second kappa shape index (κ2) is 5.69. The Morgan fingerprint density at radius 3 is 2.67 bits per heavy atom. The Bertz CT molecular complexity index is 555. The van der Waals surface area contributed by atoms with E-state index in [0.29, 0.717) is 12.5 Å². The fourth-order valence-electron chi connectivity index (χ4n) is 3.61. The zero-order valence-corrected chi connectivity index (χ0v) is 13.1. The SMILES string of the molecule is CC(C)c1ccc2c(c1)C(C#N)(N1CCCC1)CCCO2. The molecule has 0 spiro atoms. The van der Waals surface area contributed by atoms with Crippen molar-refractivity contribution in [2.75, 3.05) is 19.7 Å². The molecule has 3 heteroatoms. The highest BCUT2D eigenvalue weighted by atomic mass is 16.5. The molecular formula is C18H24N2O. The summed E-state index contributed by atoms with van der Waals surface area (Å²) in [4.78, 5) is 2.38. The maximum Gasteiger partial charge on any atom is 0.138 e. The van der Waals surface area contributed by atoms with Gasteiger partial charge >= 0.3 is 0 Å². The lowest BCUT2D eigenvalue weighted by Crippen LogP contribution is -2.43. The molecule has 0 radical (unpaired) electrons. The number of benzene rings is 1. The smallest absolute Gasteiger partial charge is 0.138 e. The zero-order valence-electron chi connectivity index (χ0n) is 13.1. The monoisotopic (exact) mass is 284 g/mol. The van der Waals surface area contributed by atoms with E-state index in [1.165, 1.54) is 18.4 Å². The highest BCUT2D eigenvalue weighted by Gasteiger charge is 2.43. The summed E-state index contributed by atoms with van der Waals surface area (Å²) in [5, 5.41) is 10.1. The fourth-order valence-corrected chi connectivity index (χ4v) is 3.61. The number of hydrogen-bond acceptors (Lipinski definition) is 3. The first-order chi connectivity index (χ1) is 10.2. The topological polar surface area (TPSA) is 36.3 Å². The quantitative estimate of drug-likeness (QED) is 0.829. The van der Waals surface area contributed by atoms with Gasteiger partial charge in [-0.25, -0.2) is 0 Å². The molecule has 2 heterocycles. The lowest BCUT2D eigenvalue weighted by molar-refractivity contribution is 0.162. The average molecular weight is 284 g/mol. The molecular weight excluding hydrogens is 260 g/mol. The van der Waals surface area contributed by atoms with Crippen molar-refractivity contribution in [3.8, 4) is 11.8 Å². The molecule has 1 aromatic rings. The van der Waals surface area contributed by atoms with Crippen molar-refractivity contribution in [2.45, 2.75) is 51.0 Å². The van der Waals surface area contributed by atoms with Gasteiger partial charge in [0, 0.05) is 18.7 Å². The predicted octanol–water partition coefficient (Wildman–Crippen LogP) is 3.80. The van der Waals surface area contributed by atoms with E-state index in [0.717, 1.165) is 37.2 Å². The number of likely N-dealkylation sites (tertiary alicyclic amines) is 1. The van der Waals surface area contributed by atoms with Crippen LogP contribution in [0.15, 0.2) is 18.2 Å². The molecule has 3 nitrogen and oxygen atoms in total. The summed E-state index contributed by atoms with van der Waals surface area (Å²) in [5.41, 5.74) is 1.89. The van der Waals surface area contributed by atoms with Crippen LogP contribution in [0, 0.1) is 11.3 Å². The van der Waals surface area contributed by atoms with E-state index in [4.69, 9.17) is 4.74 Å². The van der Waals surface area contributed by atoms with E-state index in [9.17, 15) is 5.26 Å². The van der Waals surface area contributed by atoms with E-state index in [1.807, 2.05) is 0 Å². The van der Waals surface area contributed by atoms with E-state index >= 15 is 0 Å². The number of ether oxygens (including phenoxy) is 1. The minimum atomic E-state index is -0.493. The second-order valence-electron chi connectivity index (χ2n) is 6.53. The third-order valence-corrected chi connectivity index (χ3v) is 4.89. The maximum absolute atomic E-state index is 10.1. The van der Waals surface area contributed by atoms with E-state index < -0.39 is 5.54 Å². The Morgan fingerprint density at radius 2 is 2.00 bits per heavy atom. The van der Waals surface area contributed by atoms with Crippen molar-refractivity contribution in [1.82, 2.24) is 4.90 Å². The van der Waals surface area contributed by atoms with Crippen LogP contribution in [0.4, 0.5) is 0 Å². The van der Waals surface area contributed by atoms with Gasteiger partial charge in [-0.3, -0.25) is 4.90 Å². The lowest BCUT2D eigenvalue weighted by atomic mass is 9.83. The third-order valence-electron chi connectivity index (χ3n) is 4.89. The van der Waals surface area contributed by atoms with Gasteiger partial charge in [-0.05, 0) is 49.3 Å². The molecule has 0 amide bonds. The van der Waals surface area contributed by atoms with Crippen LogP contribution in [0.1, 0.15) is 56.6 Å². The molecule has 0 bridgehead atoms. The molecule has 1 saturated heterocycles. The van der Waals surface area contributed by atoms with Gasteiger partial charge in [-0.2, -0.15) is 5.26 Å². The highest BCUT2D eigenvalue weighted by Crippen LogP contribution is 2.43. The molecule has 0 aliphatic carbocycles. The van der Waals surface area contributed by atoms with Gasteiger partial charge in [0.1, 0.15) is 11.3 Å². The van der Waals surface area contributed by atoms with Crippen molar-refractivity contribution in [3.05, 3.63) is 29.3 Å². The molecule has 2 aliphatic rings. The van der Waals surface area contributed by atoms with Crippen LogP contribution in [0.3, 0.4) is 0 Å². The van der Waals surface area contributed by atoms with Gasteiger partial charge in [0.25, 0.3) is 0 Å². The van der Waals surface area contributed by atoms with Crippen molar-refractivity contribution in [1.29, 1.82) is 5.26 Å². The average Bonchev–Trinajstić information content (AvgIpc) is 2.96. The summed E-state index contributed by atoms with van der Waals surface area (Å²) in [7, 11) is 0. The Labute approximate surface area is 127 Å². The molecule has 2 aliphatic heterocycles. The Kier molecular flexibility index (Phi) is 3.91. The van der Waals surface area contributed by atoms with Gasteiger partial charge in [0.05, 0.1) is 12.7 Å². The van der Waals surface area contributed by atoms with Crippen LogP contribution in [0.25, 0.3) is 0 Å². The molecule has 1 atom stereocenters. The number of nitrogens with zero attached hydrogens (tertiary/aromatic N) is 2. The van der Waals surface area contributed by atoms with Crippen molar-refractivity contribution in [3.63, 3.8) is 0 Å². The minimum Gasteiger partial charge on any atom is -0.493 e. The molecule has 21 heavy (non-hydrogen) atoms. The zero-order chi connectivity index (χ0) is 14.9. The Hall–Kier alpha value is -1.53. The normalized spacial score (nSPS) is 26.0. The summed E-state index contributed by atoms with van der Waals surface area (Å²) >= 11 is 0. The van der Waals surface area contributed by atoms with Gasteiger partial charge in [0.2, 0.25) is 0 Å². The third kappa shape index (κ3) is 2.42. The van der Waals surface area contributed by atoms with Gasteiger partial charge in [-0.15, -0.1) is 0 Å². The number of hydrogen-bond donors (Lipinski definition) is 0. The number of rotatable bonds is 2. The molecule has 1 fully saturated rings. The van der Waals surface area contributed by atoms with Crippen LogP contribution in [-0.4, -0.2) is 24.6 Å². The van der Waals surface area contributed by atoms with Crippen LogP contribution in [-0.2, 0) is 5.54 Å². The first kappa shape index (κ1) is 14.4. The van der Waals surface area contributed by atoms with Crippen LogP contribution in [0.5, 0.6) is 5.75 Å². The van der Waals surface area contributed by atoms with Gasteiger partial charge in [-0.1, -0.05) is 19.9 Å². The second-order valence-corrected chi connectivity index (χ2v) is 6.53. The lowest BCUT2D eigenvalue weighted by Gasteiger charge is -2.36. The van der Waals surface area contributed by atoms with Crippen molar-refractivity contribution < 1.29 is 4.74 Å². The minimum absolute atomic E-state index is 0.466. The largest absolute Gasteiger partial charge is 0.493 e. The predicted molar refractivity (Wildman–Crippen MR) is 83.4 cm³/mol. The van der Waals surface area contributed by atoms with E-state index in [2.05, 4.69) is 43.0 Å². The summed E-state index contributed by atoms with van der Waals surface area (Å²) < 4.78 is 5.92. The summed E-state index contributed by atoms with van der Waals surface area (Å²) in [6, 6.07) is 9.09. The summed E-state index contributed by atoms with van der Waals surface area (Å²) in [6.45, 7) is 7.16. The van der Waals surface area contributed by atoms with Crippen molar-refractivity contribution in [2.24, 2.45) is 0 Å². The first-order valence-corrected chi connectivity index (χ1v) is 8.11. The number of fused-ring (bicyclic) bond motifs is 1. The molecule has 1 unspecified atom stereocenters. The standard InChI is InChI=1S/C18H24N2O/c1-14(2)15-6-7-17-16(12-15)18(13-19,8-5-11-21-17)20-9-3-4-10-20/h6-7,12,14H,3-5,8-11H2,1-2H3. The van der Waals surface area contributed by atoms with E-state index in [-0.39, 0.29) is 0 Å². The molecule has 0 N–H and O–H groups in total. The fraction of sp³-hybridized carbons (Fsp3) is 0.611. The first-order valence-electron chi connectivity index (χ1n) is 8.11. The van der Waals surface area contributed by atoms with Crippen LogP contribution >= 0.6 is 0 Å². The van der Waals surface area contributed by atoms with Crippen molar-refractivity contribution >= 4 is 0 Å². The molecule has 0 aromatic heterocycles. The Morgan fingerprint density at radius 1 is 1.24 bits per heavy atom.